The van der Waals surface area contributed by atoms with E-state index in [4.69, 9.17) is 11.6 Å². The number of hydrogen-bond donors (Lipinski definition) is 0. The van der Waals surface area contributed by atoms with Gasteiger partial charge in [0.25, 0.3) is 0 Å². The number of unbranched alkanes of at least 4 members (excludes halogenated alkanes) is 1. The Hall–Kier alpha value is -0.630. The predicted octanol–water partition coefficient (Wildman–Crippen LogP) is 5.86. The van der Waals surface area contributed by atoms with Gasteiger partial charge in [0.15, 0.2) is 0 Å². The molecular weight excluding hydrogens is 280 g/mol. The fraction of sp³-hybridized carbons (Fsp3) is 0.778. The Balaban J connectivity index is 2.86. The molecule has 0 radical (unpaired) electrons. The van der Waals surface area contributed by atoms with Crippen LogP contribution in [0, 0.1) is 24.7 Å². The van der Waals surface area contributed by atoms with Crippen LogP contribution in [0.3, 0.4) is 0 Å². The lowest BCUT2D eigenvalue weighted by Crippen LogP contribution is -2.23. The highest BCUT2D eigenvalue weighted by Gasteiger charge is 2.24. The zero-order valence-electron chi connectivity index (χ0n) is 14.3. The van der Waals surface area contributed by atoms with Crippen LogP contribution in [0.15, 0.2) is 6.20 Å². The van der Waals surface area contributed by atoms with Crippen molar-refractivity contribution in [3.63, 3.8) is 0 Å². The minimum absolute atomic E-state index is 0.356. The summed E-state index contributed by atoms with van der Waals surface area (Å²) in [5, 5.41) is 0.356. The standard InChI is InChI=1S/C18H31ClN2/c1-6-9-10-16(13(4)15(7-2)8-3)11-17-12-20-18(19)21-14(17)5/h12-13,15-16H,6-11H2,1-5H3. The van der Waals surface area contributed by atoms with E-state index >= 15 is 0 Å². The predicted molar refractivity (Wildman–Crippen MR) is 91.7 cm³/mol. The van der Waals surface area contributed by atoms with E-state index in [0.717, 1.165) is 29.9 Å². The molecule has 1 aromatic heterocycles. The molecule has 0 bridgehead atoms. The second-order valence-electron chi connectivity index (χ2n) is 6.29. The van der Waals surface area contributed by atoms with Crippen LogP contribution < -0.4 is 0 Å². The van der Waals surface area contributed by atoms with Crippen LogP contribution in [0.25, 0.3) is 0 Å². The summed E-state index contributed by atoms with van der Waals surface area (Å²) in [5.74, 6) is 2.29. The molecule has 1 aromatic rings. The molecule has 0 fully saturated rings. The van der Waals surface area contributed by atoms with Crippen LogP contribution in [-0.4, -0.2) is 9.97 Å². The van der Waals surface area contributed by atoms with Crippen LogP contribution in [0.1, 0.15) is 71.1 Å². The largest absolute Gasteiger partial charge is 0.226 e. The van der Waals surface area contributed by atoms with Crippen LogP contribution in [0.2, 0.25) is 5.28 Å². The van der Waals surface area contributed by atoms with E-state index in [1.165, 1.54) is 37.7 Å². The molecule has 0 aliphatic heterocycles. The van der Waals surface area contributed by atoms with Gasteiger partial charge in [-0.25, -0.2) is 9.97 Å². The first-order valence-electron chi connectivity index (χ1n) is 8.51. The molecule has 2 unspecified atom stereocenters. The van der Waals surface area contributed by atoms with Gasteiger partial charge in [-0.1, -0.05) is 53.4 Å². The quantitative estimate of drug-likeness (QED) is 0.534. The summed E-state index contributed by atoms with van der Waals surface area (Å²) in [4.78, 5) is 8.48. The number of aryl methyl sites for hydroxylation is 1. The van der Waals surface area contributed by atoms with Crippen LogP contribution in [0.4, 0.5) is 0 Å². The fourth-order valence-electron chi connectivity index (χ4n) is 3.38. The summed E-state index contributed by atoms with van der Waals surface area (Å²) in [6, 6.07) is 0. The SMILES string of the molecule is CCCCC(Cc1cnc(Cl)nc1C)C(C)C(CC)CC. The minimum Gasteiger partial charge on any atom is -0.226 e. The number of halogens is 1. The highest BCUT2D eigenvalue weighted by atomic mass is 35.5. The van der Waals surface area contributed by atoms with Gasteiger partial charge >= 0.3 is 0 Å². The molecule has 2 atom stereocenters. The van der Waals surface area contributed by atoms with Crippen molar-refractivity contribution in [1.82, 2.24) is 9.97 Å². The molecule has 0 saturated carbocycles. The molecule has 1 rings (SSSR count). The van der Waals surface area contributed by atoms with E-state index in [1.807, 2.05) is 13.1 Å². The Labute approximate surface area is 135 Å². The van der Waals surface area contributed by atoms with E-state index in [0.29, 0.717) is 5.28 Å². The highest BCUT2D eigenvalue weighted by molar-refractivity contribution is 6.28. The van der Waals surface area contributed by atoms with Gasteiger partial charge in [-0.3, -0.25) is 0 Å². The Bertz CT molecular complexity index is 416. The maximum atomic E-state index is 5.87. The summed E-state index contributed by atoms with van der Waals surface area (Å²) >= 11 is 5.87. The molecule has 0 saturated heterocycles. The fourth-order valence-corrected chi connectivity index (χ4v) is 3.56. The molecule has 0 aliphatic rings. The molecule has 2 nitrogen and oxygen atoms in total. The van der Waals surface area contributed by atoms with Crippen molar-refractivity contribution >= 4 is 11.6 Å². The van der Waals surface area contributed by atoms with Crippen LogP contribution >= 0.6 is 11.6 Å². The van der Waals surface area contributed by atoms with Crippen molar-refractivity contribution in [1.29, 1.82) is 0 Å². The first kappa shape index (κ1) is 18.4. The Morgan fingerprint density at radius 3 is 2.33 bits per heavy atom. The number of rotatable bonds is 9. The van der Waals surface area contributed by atoms with Gasteiger partial charge in [-0.2, -0.15) is 0 Å². The summed E-state index contributed by atoms with van der Waals surface area (Å²) in [5.41, 5.74) is 2.30. The van der Waals surface area contributed by atoms with Crippen molar-refractivity contribution in [2.45, 2.75) is 73.1 Å². The average Bonchev–Trinajstić information content (AvgIpc) is 2.46. The zero-order chi connectivity index (χ0) is 15.8. The molecule has 0 aromatic carbocycles. The van der Waals surface area contributed by atoms with Gasteiger partial charge in [-0.05, 0) is 54.7 Å². The summed E-state index contributed by atoms with van der Waals surface area (Å²) < 4.78 is 0. The van der Waals surface area contributed by atoms with Gasteiger partial charge in [0.2, 0.25) is 5.28 Å². The van der Waals surface area contributed by atoms with Crippen LogP contribution in [-0.2, 0) is 6.42 Å². The summed E-state index contributed by atoms with van der Waals surface area (Å²) in [7, 11) is 0. The number of nitrogens with zero attached hydrogens (tertiary/aromatic N) is 2. The summed E-state index contributed by atoms with van der Waals surface area (Å²) in [6.45, 7) is 11.4. The molecular formula is C18H31ClN2. The van der Waals surface area contributed by atoms with Gasteiger partial charge in [0, 0.05) is 11.9 Å². The third-order valence-electron chi connectivity index (χ3n) is 5.00. The van der Waals surface area contributed by atoms with E-state index < -0.39 is 0 Å². The van der Waals surface area contributed by atoms with E-state index in [1.54, 1.807) is 0 Å². The van der Waals surface area contributed by atoms with Crippen molar-refractivity contribution in [3.8, 4) is 0 Å². The van der Waals surface area contributed by atoms with Crippen molar-refractivity contribution < 1.29 is 0 Å². The molecule has 1 heterocycles. The molecule has 0 N–H and O–H groups in total. The third kappa shape index (κ3) is 5.58. The molecule has 21 heavy (non-hydrogen) atoms. The van der Waals surface area contributed by atoms with Crippen molar-refractivity contribution in [2.75, 3.05) is 0 Å². The molecule has 0 amide bonds. The Morgan fingerprint density at radius 2 is 1.81 bits per heavy atom. The Kier molecular flexibility index (Phi) is 8.24. The minimum atomic E-state index is 0.356. The highest BCUT2D eigenvalue weighted by Crippen LogP contribution is 2.32. The number of aromatic nitrogens is 2. The number of hydrogen-bond acceptors (Lipinski definition) is 2. The maximum Gasteiger partial charge on any atom is 0.222 e. The normalized spacial score (nSPS) is 14.4. The molecule has 120 valence electrons. The van der Waals surface area contributed by atoms with Crippen molar-refractivity contribution in [2.24, 2.45) is 17.8 Å². The molecule has 0 spiro atoms. The van der Waals surface area contributed by atoms with Crippen LogP contribution in [0.5, 0.6) is 0 Å². The maximum absolute atomic E-state index is 5.87. The molecule has 3 heteroatoms. The van der Waals surface area contributed by atoms with E-state index in [9.17, 15) is 0 Å². The first-order valence-corrected chi connectivity index (χ1v) is 8.89. The average molecular weight is 311 g/mol. The topological polar surface area (TPSA) is 25.8 Å². The van der Waals surface area contributed by atoms with Gasteiger partial charge in [0.05, 0.1) is 0 Å². The Morgan fingerprint density at radius 1 is 1.14 bits per heavy atom. The van der Waals surface area contributed by atoms with E-state index in [-0.39, 0.29) is 0 Å². The zero-order valence-corrected chi connectivity index (χ0v) is 15.1. The van der Waals surface area contributed by atoms with E-state index in [2.05, 4.69) is 37.7 Å². The second kappa shape index (κ2) is 9.40. The lowest BCUT2D eigenvalue weighted by molar-refractivity contribution is 0.217. The monoisotopic (exact) mass is 310 g/mol. The smallest absolute Gasteiger partial charge is 0.222 e. The summed E-state index contributed by atoms with van der Waals surface area (Å²) in [6.07, 6.45) is 9.43. The lowest BCUT2D eigenvalue weighted by atomic mass is 9.75. The van der Waals surface area contributed by atoms with Gasteiger partial charge < -0.3 is 0 Å². The first-order chi connectivity index (χ1) is 10.0. The molecule has 0 aliphatic carbocycles. The third-order valence-corrected chi connectivity index (χ3v) is 5.18. The van der Waals surface area contributed by atoms with Gasteiger partial charge in [0.1, 0.15) is 0 Å². The second-order valence-corrected chi connectivity index (χ2v) is 6.63. The van der Waals surface area contributed by atoms with Gasteiger partial charge in [-0.15, -0.1) is 0 Å². The lowest BCUT2D eigenvalue weighted by Gasteiger charge is -2.30. The van der Waals surface area contributed by atoms with Crippen molar-refractivity contribution in [3.05, 3.63) is 22.7 Å².